The molecule has 2 aromatic rings. The molecule has 132 valence electrons. The Balaban J connectivity index is 1.37. The second-order valence-corrected chi connectivity index (χ2v) is 6.69. The van der Waals surface area contributed by atoms with Crippen molar-refractivity contribution in [3.63, 3.8) is 0 Å². The molecule has 3 N–H and O–H groups in total. The van der Waals surface area contributed by atoms with Crippen molar-refractivity contribution in [2.45, 2.75) is 38.0 Å². The van der Waals surface area contributed by atoms with Gasteiger partial charge in [-0.3, -0.25) is 0 Å². The van der Waals surface area contributed by atoms with Gasteiger partial charge in [-0.15, -0.1) is 0 Å². The van der Waals surface area contributed by atoms with Gasteiger partial charge in [-0.2, -0.15) is 0 Å². The Bertz CT molecular complexity index is 697. The van der Waals surface area contributed by atoms with E-state index >= 15 is 0 Å². The van der Waals surface area contributed by atoms with Crippen LogP contribution in [0.3, 0.4) is 0 Å². The van der Waals surface area contributed by atoms with Crippen LogP contribution in [-0.4, -0.2) is 24.2 Å². The Kier molecular flexibility index (Phi) is 5.94. The summed E-state index contributed by atoms with van der Waals surface area (Å²) in [6, 6.07) is 15.7. The summed E-state index contributed by atoms with van der Waals surface area (Å²) in [5.41, 5.74) is 3.98. The second kappa shape index (κ2) is 8.56. The third-order valence-electron chi connectivity index (χ3n) is 4.87. The SMILES string of the molecule is O=C(NCCCc1ccc(O)cc1)NCC1CCCc2ccccc21. The number of nitrogens with one attached hydrogen (secondary N) is 2. The Morgan fingerprint density at radius 1 is 1.08 bits per heavy atom. The maximum Gasteiger partial charge on any atom is 0.314 e. The third kappa shape index (κ3) is 4.99. The van der Waals surface area contributed by atoms with Crippen molar-refractivity contribution >= 4 is 6.03 Å². The fraction of sp³-hybridized carbons (Fsp3) is 0.381. The minimum atomic E-state index is -0.0891. The van der Waals surface area contributed by atoms with Gasteiger partial charge < -0.3 is 15.7 Å². The number of phenols is 1. The van der Waals surface area contributed by atoms with E-state index in [2.05, 4.69) is 34.9 Å². The maximum absolute atomic E-state index is 12.0. The summed E-state index contributed by atoms with van der Waals surface area (Å²) in [5.74, 6) is 0.707. The summed E-state index contributed by atoms with van der Waals surface area (Å²) in [6.07, 6.45) is 5.24. The lowest BCUT2D eigenvalue weighted by Gasteiger charge is -2.25. The quantitative estimate of drug-likeness (QED) is 0.703. The molecule has 0 fully saturated rings. The molecule has 0 bridgehead atoms. The standard InChI is InChI=1S/C21H26N2O2/c24-19-12-10-16(11-13-19)5-4-14-22-21(25)23-15-18-8-3-7-17-6-1-2-9-20(17)18/h1-2,6,9-13,18,24H,3-5,7-8,14-15H2,(H2,22,23,25). The van der Waals surface area contributed by atoms with Crippen LogP contribution >= 0.6 is 0 Å². The lowest BCUT2D eigenvalue weighted by atomic mass is 9.83. The Morgan fingerprint density at radius 2 is 1.88 bits per heavy atom. The number of benzene rings is 2. The van der Waals surface area contributed by atoms with Gasteiger partial charge in [0.15, 0.2) is 0 Å². The first-order valence-corrected chi connectivity index (χ1v) is 9.10. The Labute approximate surface area is 149 Å². The highest BCUT2D eigenvalue weighted by molar-refractivity contribution is 5.73. The summed E-state index contributed by atoms with van der Waals surface area (Å²) in [7, 11) is 0. The molecule has 25 heavy (non-hydrogen) atoms. The Hall–Kier alpha value is -2.49. The van der Waals surface area contributed by atoms with Gasteiger partial charge in [0.25, 0.3) is 0 Å². The van der Waals surface area contributed by atoms with Crippen LogP contribution in [0, 0.1) is 0 Å². The zero-order valence-corrected chi connectivity index (χ0v) is 14.5. The van der Waals surface area contributed by atoms with E-state index in [1.165, 1.54) is 23.1 Å². The minimum Gasteiger partial charge on any atom is -0.508 e. The number of aryl methyl sites for hydroxylation is 2. The molecule has 1 aliphatic rings. The summed E-state index contributed by atoms with van der Waals surface area (Å²) in [6.45, 7) is 1.34. The van der Waals surface area contributed by atoms with E-state index in [9.17, 15) is 9.90 Å². The lowest BCUT2D eigenvalue weighted by Crippen LogP contribution is -2.38. The number of aromatic hydroxyl groups is 1. The van der Waals surface area contributed by atoms with E-state index in [1.54, 1.807) is 12.1 Å². The van der Waals surface area contributed by atoms with Gasteiger partial charge in [0, 0.05) is 19.0 Å². The summed E-state index contributed by atoms with van der Waals surface area (Å²) in [4.78, 5) is 12.0. The topological polar surface area (TPSA) is 61.4 Å². The van der Waals surface area contributed by atoms with Crippen LogP contribution < -0.4 is 10.6 Å². The van der Waals surface area contributed by atoms with E-state index < -0.39 is 0 Å². The molecule has 1 unspecified atom stereocenters. The average Bonchev–Trinajstić information content (AvgIpc) is 2.65. The molecule has 4 heteroatoms. The molecule has 1 aliphatic carbocycles. The van der Waals surface area contributed by atoms with Crippen LogP contribution in [0.1, 0.15) is 41.9 Å². The summed E-state index contributed by atoms with van der Waals surface area (Å²) in [5, 5.41) is 15.2. The fourth-order valence-corrected chi connectivity index (χ4v) is 3.50. The van der Waals surface area contributed by atoms with Crippen LogP contribution in [0.25, 0.3) is 0 Å². The molecule has 1 atom stereocenters. The number of amides is 2. The number of rotatable bonds is 6. The van der Waals surface area contributed by atoms with Crippen LogP contribution in [0.15, 0.2) is 48.5 Å². The second-order valence-electron chi connectivity index (χ2n) is 6.69. The van der Waals surface area contributed by atoms with E-state index in [0.717, 1.165) is 25.7 Å². The van der Waals surface area contributed by atoms with Crippen LogP contribution in [-0.2, 0) is 12.8 Å². The molecule has 2 aromatic carbocycles. The molecule has 0 spiro atoms. The van der Waals surface area contributed by atoms with Crippen LogP contribution in [0.5, 0.6) is 5.75 Å². The molecule has 4 nitrogen and oxygen atoms in total. The van der Waals surface area contributed by atoms with Crippen LogP contribution in [0.2, 0.25) is 0 Å². The molecule has 0 radical (unpaired) electrons. The molecule has 2 amide bonds. The van der Waals surface area contributed by atoms with Gasteiger partial charge in [-0.05, 0) is 60.9 Å². The fourth-order valence-electron chi connectivity index (χ4n) is 3.50. The van der Waals surface area contributed by atoms with E-state index in [0.29, 0.717) is 19.0 Å². The zero-order chi connectivity index (χ0) is 17.5. The third-order valence-corrected chi connectivity index (χ3v) is 4.87. The molecule has 0 aromatic heterocycles. The molecule has 0 saturated carbocycles. The van der Waals surface area contributed by atoms with Gasteiger partial charge in [0.1, 0.15) is 5.75 Å². The largest absolute Gasteiger partial charge is 0.508 e. The first kappa shape index (κ1) is 17.3. The normalized spacial score (nSPS) is 16.1. The highest BCUT2D eigenvalue weighted by Gasteiger charge is 2.19. The number of hydrogen-bond acceptors (Lipinski definition) is 2. The first-order chi connectivity index (χ1) is 12.2. The minimum absolute atomic E-state index is 0.0891. The number of urea groups is 1. The predicted molar refractivity (Wildman–Crippen MR) is 100.0 cm³/mol. The number of hydrogen-bond donors (Lipinski definition) is 3. The van der Waals surface area contributed by atoms with E-state index in [-0.39, 0.29) is 11.8 Å². The number of carbonyl (C=O) groups excluding carboxylic acids is 1. The average molecular weight is 338 g/mol. The molecule has 3 rings (SSSR count). The van der Waals surface area contributed by atoms with Crippen molar-refractivity contribution in [2.24, 2.45) is 0 Å². The molecular formula is C21H26N2O2. The van der Waals surface area contributed by atoms with Crippen molar-refractivity contribution < 1.29 is 9.90 Å². The van der Waals surface area contributed by atoms with Gasteiger partial charge in [0.05, 0.1) is 0 Å². The van der Waals surface area contributed by atoms with E-state index in [1.807, 2.05) is 12.1 Å². The lowest BCUT2D eigenvalue weighted by molar-refractivity contribution is 0.239. The smallest absolute Gasteiger partial charge is 0.314 e. The van der Waals surface area contributed by atoms with Crippen molar-refractivity contribution in [2.75, 3.05) is 13.1 Å². The number of carbonyl (C=O) groups is 1. The van der Waals surface area contributed by atoms with Crippen molar-refractivity contribution in [1.82, 2.24) is 10.6 Å². The van der Waals surface area contributed by atoms with E-state index in [4.69, 9.17) is 0 Å². The zero-order valence-electron chi connectivity index (χ0n) is 14.5. The first-order valence-electron chi connectivity index (χ1n) is 9.10. The summed E-state index contributed by atoms with van der Waals surface area (Å²) < 4.78 is 0. The number of fused-ring (bicyclic) bond motifs is 1. The Morgan fingerprint density at radius 3 is 2.72 bits per heavy atom. The molecule has 0 saturated heterocycles. The molecular weight excluding hydrogens is 312 g/mol. The monoisotopic (exact) mass is 338 g/mol. The highest BCUT2D eigenvalue weighted by atomic mass is 16.3. The van der Waals surface area contributed by atoms with Crippen LogP contribution in [0.4, 0.5) is 4.79 Å². The van der Waals surface area contributed by atoms with Gasteiger partial charge in [0.2, 0.25) is 0 Å². The van der Waals surface area contributed by atoms with Gasteiger partial charge >= 0.3 is 6.03 Å². The molecule has 0 aliphatic heterocycles. The van der Waals surface area contributed by atoms with Crippen molar-refractivity contribution in [3.05, 3.63) is 65.2 Å². The van der Waals surface area contributed by atoms with Crippen molar-refractivity contribution in [3.8, 4) is 5.75 Å². The van der Waals surface area contributed by atoms with Crippen molar-refractivity contribution in [1.29, 1.82) is 0 Å². The van der Waals surface area contributed by atoms with Gasteiger partial charge in [-0.1, -0.05) is 36.4 Å². The molecule has 0 heterocycles. The highest BCUT2D eigenvalue weighted by Crippen LogP contribution is 2.30. The van der Waals surface area contributed by atoms with Gasteiger partial charge in [-0.25, -0.2) is 4.79 Å². The number of phenolic OH excluding ortho intramolecular Hbond substituents is 1. The summed E-state index contributed by atoms with van der Waals surface area (Å²) >= 11 is 0. The maximum atomic E-state index is 12.0. The predicted octanol–water partition coefficient (Wildman–Crippen LogP) is 3.74.